The van der Waals surface area contributed by atoms with Gasteiger partial charge in [-0.2, -0.15) is 13.2 Å². The van der Waals surface area contributed by atoms with Gasteiger partial charge in [0.25, 0.3) is 0 Å². The van der Waals surface area contributed by atoms with E-state index < -0.39 is 49.7 Å². The van der Waals surface area contributed by atoms with Crippen LogP contribution in [0.1, 0.15) is 17.0 Å². The Kier molecular flexibility index (Phi) is 2.65. The van der Waals surface area contributed by atoms with Crippen molar-refractivity contribution in [3.05, 3.63) is 29.3 Å². The molecule has 0 saturated heterocycles. The van der Waals surface area contributed by atoms with E-state index in [0.717, 1.165) is 12.1 Å². The summed E-state index contributed by atoms with van der Waals surface area (Å²) < 4.78 is 61.5. The second-order valence-electron chi connectivity index (χ2n) is 3.89. The van der Waals surface area contributed by atoms with Gasteiger partial charge in [-0.05, 0) is 17.7 Å². The van der Waals surface area contributed by atoms with E-state index in [1.165, 1.54) is 0 Å². The number of halogens is 3. The number of carbonyl (C=O) groups is 1. The van der Waals surface area contributed by atoms with Gasteiger partial charge in [0.05, 0.1) is 22.1 Å². The van der Waals surface area contributed by atoms with Crippen LogP contribution in [0.15, 0.2) is 23.1 Å². The first kappa shape index (κ1) is 12.9. The summed E-state index contributed by atoms with van der Waals surface area (Å²) in [6, 6.07) is 2.65. The number of aliphatic carboxylic acids is 1. The van der Waals surface area contributed by atoms with Gasteiger partial charge in [-0.15, -0.1) is 0 Å². The lowest BCUT2D eigenvalue weighted by atomic mass is 9.95. The van der Waals surface area contributed by atoms with E-state index in [-0.39, 0.29) is 0 Å². The maximum absolute atomic E-state index is 12.7. The van der Waals surface area contributed by atoms with Crippen molar-refractivity contribution in [2.45, 2.75) is 17.0 Å². The highest BCUT2D eigenvalue weighted by Gasteiger charge is 2.46. The van der Waals surface area contributed by atoms with Crippen LogP contribution in [0.5, 0.6) is 0 Å². The van der Waals surface area contributed by atoms with Crippen LogP contribution in [0.4, 0.5) is 13.2 Å². The third kappa shape index (κ3) is 1.86. The molecular formula is C10H7F3O4S. The summed E-state index contributed by atoms with van der Waals surface area (Å²) in [5.41, 5.74) is -1.86. The molecule has 2 rings (SSSR count). The highest BCUT2D eigenvalue weighted by atomic mass is 32.2. The van der Waals surface area contributed by atoms with Crippen LogP contribution in [0.2, 0.25) is 0 Å². The fourth-order valence-electron chi connectivity index (χ4n) is 2.01. The van der Waals surface area contributed by atoms with Crippen LogP contribution < -0.4 is 0 Å². The van der Waals surface area contributed by atoms with Crippen molar-refractivity contribution >= 4 is 15.8 Å². The highest BCUT2D eigenvalue weighted by Crippen LogP contribution is 2.43. The van der Waals surface area contributed by atoms with Gasteiger partial charge in [0.15, 0.2) is 9.84 Å². The molecule has 1 aromatic rings. The lowest BCUT2D eigenvalue weighted by Crippen LogP contribution is -2.17. The molecule has 1 N–H and O–H groups in total. The van der Waals surface area contributed by atoms with E-state index in [2.05, 4.69) is 0 Å². The van der Waals surface area contributed by atoms with Gasteiger partial charge < -0.3 is 5.11 Å². The van der Waals surface area contributed by atoms with Gasteiger partial charge >= 0.3 is 12.1 Å². The van der Waals surface area contributed by atoms with Crippen LogP contribution in [-0.2, 0) is 20.8 Å². The minimum Gasteiger partial charge on any atom is -0.481 e. The second kappa shape index (κ2) is 3.71. The number of carboxylic acids is 1. The monoisotopic (exact) mass is 280 g/mol. The fraction of sp³-hybridized carbons (Fsp3) is 0.300. The van der Waals surface area contributed by atoms with Gasteiger partial charge in [0.1, 0.15) is 0 Å². The fourth-order valence-corrected chi connectivity index (χ4v) is 3.81. The Bertz CT molecular complexity index is 619. The van der Waals surface area contributed by atoms with Crippen LogP contribution in [0.3, 0.4) is 0 Å². The zero-order chi connectivity index (χ0) is 13.7. The van der Waals surface area contributed by atoms with Crippen molar-refractivity contribution in [3.8, 4) is 0 Å². The van der Waals surface area contributed by atoms with Gasteiger partial charge in [0.2, 0.25) is 0 Å². The van der Waals surface area contributed by atoms with Crippen LogP contribution in [0, 0.1) is 0 Å². The summed E-state index contributed by atoms with van der Waals surface area (Å²) in [6.07, 6.45) is -4.78. The Balaban J connectivity index is 2.79. The molecule has 1 aliphatic heterocycles. The molecule has 0 saturated carbocycles. The predicted octanol–water partition coefficient (Wildman–Crippen LogP) is 1.66. The van der Waals surface area contributed by atoms with Crippen molar-refractivity contribution in [3.63, 3.8) is 0 Å². The average Bonchev–Trinajstić information content (AvgIpc) is 2.50. The van der Waals surface area contributed by atoms with Gasteiger partial charge in [-0.25, -0.2) is 8.42 Å². The predicted molar refractivity (Wildman–Crippen MR) is 53.9 cm³/mol. The van der Waals surface area contributed by atoms with Crippen LogP contribution in [0.25, 0.3) is 0 Å². The number of rotatable bonds is 1. The number of benzene rings is 1. The summed E-state index contributed by atoms with van der Waals surface area (Å²) in [7, 11) is -3.96. The minimum absolute atomic E-state index is 0.537. The van der Waals surface area contributed by atoms with Crippen molar-refractivity contribution in [2.75, 3.05) is 5.75 Å². The molecule has 0 fully saturated rings. The standard InChI is InChI=1S/C10H7F3O4S/c11-10(12,13)6-2-1-3-7-8(6)5(9(14)15)4-18(7,16)17/h1-3,5H,4H2,(H,14,15). The first-order chi connectivity index (χ1) is 8.14. The lowest BCUT2D eigenvalue weighted by molar-refractivity contribution is -0.141. The molecule has 0 radical (unpaired) electrons. The number of hydrogen-bond donors (Lipinski definition) is 1. The lowest BCUT2D eigenvalue weighted by Gasteiger charge is -2.13. The highest BCUT2D eigenvalue weighted by molar-refractivity contribution is 7.91. The molecule has 0 spiro atoms. The van der Waals surface area contributed by atoms with Crippen molar-refractivity contribution < 1.29 is 31.5 Å². The molecule has 0 amide bonds. The molecule has 8 heteroatoms. The van der Waals surface area contributed by atoms with E-state index in [0.29, 0.717) is 6.07 Å². The molecule has 1 aliphatic rings. The molecule has 1 atom stereocenters. The Morgan fingerprint density at radius 3 is 2.44 bits per heavy atom. The summed E-state index contributed by atoms with van der Waals surface area (Å²) >= 11 is 0. The quantitative estimate of drug-likeness (QED) is 0.849. The molecule has 1 aromatic carbocycles. The normalized spacial score (nSPS) is 21.6. The van der Waals surface area contributed by atoms with Crippen molar-refractivity contribution in [2.24, 2.45) is 0 Å². The van der Waals surface area contributed by atoms with E-state index in [1.807, 2.05) is 0 Å². The summed E-state index contributed by atoms with van der Waals surface area (Å²) in [5, 5.41) is 8.85. The van der Waals surface area contributed by atoms with Gasteiger partial charge in [-0.3, -0.25) is 4.79 Å². The van der Waals surface area contributed by atoms with Gasteiger partial charge in [-0.1, -0.05) is 6.07 Å². The Morgan fingerprint density at radius 1 is 1.33 bits per heavy atom. The molecule has 98 valence electrons. The van der Waals surface area contributed by atoms with E-state index in [1.54, 1.807) is 0 Å². The topological polar surface area (TPSA) is 71.4 Å². The Hall–Kier alpha value is -1.57. The first-order valence-corrected chi connectivity index (χ1v) is 6.45. The Labute approximate surface area is 100.0 Å². The number of fused-ring (bicyclic) bond motifs is 1. The summed E-state index contributed by atoms with van der Waals surface area (Å²) in [4.78, 5) is 10.4. The van der Waals surface area contributed by atoms with Crippen molar-refractivity contribution in [1.29, 1.82) is 0 Å². The summed E-state index contributed by atoms with van der Waals surface area (Å²) in [6.45, 7) is 0. The molecule has 18 heavy (non-hydrogen) atoms. The van der Waals surface area contributed by atoms with E-state index in [9.17, 15) is 26.4 Å². The zero-order valence-electron chi connectivity index (χ0n) is 8.73. The van der Waals surface area contributed by atoms with Crippen LogP contribution >= 0.6 is 0 Å². The smallest absolute Gasteiger partial charge is 0.416 e. The van der Waals surface area contributed by atoms with Gasteiger partial charge in [0, 0.05) is 0 Å². The maximum Gasteiger partial charge on any atom is 0.416 e. The Morgan fingerprint density at radius 2 is 1.94 bits per heavy atom. The number of sulfone groups is 1. The third-order valence-electron chi connectivity index (χ3n) is 2.74. The first-order valence-electron chi connectivity index (χ1n) is 4.80. The molecule has 0 aliphatic carbocycles. The number of alkyl halides is 3. The molecule has 4 nitrogen and oxygen atoms in total. The number of carboxylic acid groups (broad SMARTS) is 1. The van der Waals surface area contributed by atoms with E-state index in [4.69, 9.17) is 5.11 Å². The maximum atomic E-state index is 12.7. The van der Waals surface area contributed by atoms with Crippen molar-refractivity contribution in [1.82, 2.24) is 0 Å². The molecule has 1 heterocycles. The largest absolute Gasteiger partial charge is 0.481 e. The number of hydrogen-bond acceptors (Lipinski definition) is 3. The molecule has 0 aromatic heterocycles. The van der Waals surface area contributed by atoms with E-state index >= 15 is 0 Å². The molecular weight excluding hydrogens is 273 g/mol. The minimum atomic E-state index is -4.78. The SMILES string of the molecule is O=C(O)C1CS(=O)(=O)c2cccc(C(F)(F)F)c21. The third-order valence-corrected chi connectivity index (χ3v) is 4.54. The molecule has 1 unspecified atom stereocenters. The summed E-state index contributed by atoms with van der Waals surface area (Å²) in [5.74, 6) is -4.07. The molecule has 0 bridgehead atoms. The second-order valence-corrected chi connectivity index (χ2v) is 5.89. The van der Waals surface area contributed by atoms with Crippen LogP contribution in [-0.4, -0.2) is 25.2 Å². The zero-order valence-corrected chi connectivity index (χ0v) is 9.55. The average molecular weight is 280 g/mol.